The van der Waals surface area contributed by atoms with Crippen LogP contribution in [0.3, 0.4) is 0 Å². The first-order valence-electron chi connectivity index (χ1n) is 5.86. The Labute approximate surface area is 117 Å². The zero-order chi connectivity index (χ0) is 13.8. The summed E-state index contributed by atoms with van der Waals surface area (Å²) < 4.78 is 5.17. The van der Waals surface area contributed by atoms with Gasteiger partial charge in [0, 0.05) is 25.3 Å². The third-order valence-corrected chi connectivity index (χ3v) is 2.88. The average Bonchev–Trinajstić information content (AvgIpc) is 2.82. The molecule has 5 heteroatoms. The van der Waals surface area contributed by atoms with E-state index in [4.69, 9.17) is 16.0 Å². The number of benzene rings is 1. The van der Waals surface area contributed by atoms with E-state index in [9.17, 15) is 4.79 Å². The van der Waals surface area contributed by atoms with Crippen LogP contribution in [0.1, 0.15) is 16.1 Å². The molecular weight excluding hydrogens is 264 g/mol. The van der Waals surface area contributed by atoms with Gasteiger partial charge in [-0.1, -0.05) is 6.07 Å². The highest BCUT2D eigenvalue weighted by molar-refractivity contribution is 6.28. The molecule has 4 nitrogen and oxygen atoms in total. The zero-order valence-electron chi connectivity index (χ0n) is 10.8. The Bertz CT molecular complexity index is 578. The van der Waals surface area contributed by atoms with Gasteiger partial charge in [-0.15, -0.1) is 0 Å². The SMILES string of the molecule is CN(C)c1cccc(C(=O)NCc2ccc(Cl)o2)c1. The number of rotatable bonds is 4. The van der Waals surface area contributed by atoms with Gasteiger partial charge in [0.15, 0.2) is 5.22 Å². The van der Waals surface area contributed by atoms with Crippen molar-refractivity contribution in [3.8, 4) is 0 Å². The highest BCUT2D eigenvalue weighted by Gasteiger charge is 2.08. The minimum Gasteiger partial charge on any atom is -0.448 e. The Morgan fingerprint density at radius 2 is 2.11 bits per heavy atom. The number of furan rings is 1. The van der Waals surface area contributed by atoms with E-state index in [2.05, 4.69) is 5.32 Å². The molecule has 1 aromatic heterocycles. The second-order valence-corrected chi connectivity index (χ2v) is 4.71. The van der Waals surface area contributed by atoms with E-state index < -0.39 is 0 Å². The van der Waals surface area contributed by atoms with Crippen LogP contribution >= 0.6 is 11.6 Å². The van der Waals surface area contributed by atoms with Gasteiger partial charge >= 0.3 is 0 Å². The molecule has 0 radical (unpaired) electrons. The van der Waals surface area contributed by atoms with Crippen molar-refractivity contribution in [2.24, 2.45) is 0 Å². The van der Waals surface area contributed by atoms with Gasteiger partial charge in [0.2, 0.25) is 0 Å². The molecule has 0 spiro atoms. The molecule has 0 aliphatic heterocycles. The van der Waals surface area contributed by atoms with Crippen LogP contribution in [0.25, 0.3) is 0 Å². The molecular formula is C14H15ClN2O2. The Kier molecular flexibility index (Phi) is 4.12. The van der Waals surface area contributed by atoms with E-state index in [0.29, 0.717) is 23.1 Å². The van der Waals surface area contributed by atoms with Crippen molar-refractivity contribution in [2.45, 2.75) is 6.54 Å². The topological polar surface area (TPSA) is 45.5 Å². The summed E-state index contributed by atoms with van der Waals surface area (Å²) in [5, 5.41) is 3.10. The normalized spacial score (nSPS) is 10.3. The molecule has 0 aliphatic carbocycles. The fourth-order valence-corrected chi connectivity index (χ4v) is 1.80. The standard InChI is InChI=1S/C14H15ClN2O2/c1-17(2)11-5-3-4-10(8-11)14(18)16-9-12-6-7-13(15)19-12/h3-8H,9H2,1-2H3,(H,16,18). The molecule has 0 bridgehead atoms. The van der Waals surface area contributed by atoms with Gasteiger partial charge < -0.3 is 14.6 Å². The number of carbonyl (C=O) groups is 1. The van der Waals surface area contributed by atoms with Crippen LogP contribution in [-0.2, 0) is 6.54 Å². The van der Waals surface area contributed by atoms with Gasteiger partial charge in [-0.3, -0.25) is 4.79 Å². The maximum absolute atomic E-state index is 12.0. The Morgan fingerprint density at radius 3 is 2.74 bits per heavy atom. The van der Waals surface area contributed by atoms with Crippen molar-refractivity contribution in [3.05, 3.63) is 52.9 Å². The Balaban J connectivity index is 2.01. The van der Waals surface area contributed by atoms with Gasteiger partial charge in [0.1, 0.15) is 5.76 Å². The van der Waals surface area contributed by atoms with Crippen LogP contribution in [0.5, 0.6) is 0 Å². The zero-order valence-corrected chi connectivity index (χ0v) is 11.6. The summed E-state index contributed by atoms with van der Waals surface area (Å²) in [6.45, 7) is 0.317. The lowest BCUT2D eigenvalue weighted by Gasteiger charge is -2.13. The van der Waals surface area contributed by atoms with Gasteiger partial charge in [-0.05, 0) is 41.9 Å². The minimum atomic E-state index is -0.142. The number of hydrogen-bond donors (Lipinski definition) is 1. The molecule has 0 fully saturated rings. The lowest BCUT2D eigenvalue weighted by atomic mass is 10.2. The predicted octanol–water partition coefficient (Wildman–Crippen LogP) is 2.93. The number of hydrogen-bond acceptors (Lipinski definition) is 3. The minimum absolute atomic E-state index is 0.142. The molecule has 1 amide bonds. The summed E-state index contributed by atoms with van der Waals surface area (Å²) in [7, 11) is 3.86. The van der Waals surface area contributed by atoms with Crippen molar-refractivity contribution < 1.29 is 9.21 Å². The average molecular weight is 279 g/mol. The molecule has 0 aliphatic rings. The van der Waals surface area contributed by atoms with Gasteiger partial charge in [0.05, 0.1) is 6.54 Å². The van der Waals surface area contributed by atoms with Crippen LogP contribution in [0.15, 0.2) is 40.8 Å². The van der Waals surface area contributed by atoms with E-state index in [1.807, 2.05) is 37.2 Å². The molecule has 0 saturated carbocycles. The van der Waals surface area contributed by atoms with E-state index in [-0.39, 0.29) is 5.91 Å². The number of anilines is 1. The lowest BCUT2D eigenvalue weighted by molar-refractivity contribution is 0.0948. The second-order valence-electron chi connectivity index (χ2n) is 4.33. The molecule has 2 rings (SSSR count). The van der Waals surface area contributed by atoms with E-state index >= 15 is 0 Å². The quantitative estimate of drug-likeness (QED) is 0.935. The molecule has 1 N–H and O–H groups in total. The Morgan fingerprint density at radius 1 is 1.32 bits per heavy atom. The van der Waals surface area contributed by atoms with E-state index in [1.54, 1.807) is 18.2 Å². The monoisotopic (exact) mass is 278 g/mol. The summed E-state index contributed by atoms with van der Waals surface area (Å²) in [6, 6.07) is 10.8. The molecule has 1 aromatic carbocycles. The number of nitrogens with zero attached hydrogens (tertiary/aromatic N) is 1. The first-order chi connectivity index (χ1) is 9.06. The highest BCUT2D eigenvalue weighted by atomic mass is 35.5. The highest BCUT2D eigenvalue weighted by Crippen LogP contribution is 2.15. The van der Waals surface area contributed by atoms with E-state index in [1.165, 1.54) is 0 Å². The number of halogens is 1. The molecule has 0 unspecified atom stereocenters. The number of carbonyl (C=O) groups excluding carboxylic acids is 1. The third-order valence-electron chi connectivity index (χ3n) is 2.68. The van der Waals surface area contributed by atoms with Crippen molar-refractivity contribution in [1.29, 1.82) is 0 Å². The lowest BCUT2D eigenvalue weighted by Crippen LogP contribution is -2.22. The smallest absolute Gasteiger partial charge is 0.251 e. The maximum atomic E-state index is 12.0. The van der Waals surface area contributed by atoms with Crippen molar-refractivity contribution in [1.82, 2.24) is 5.32 Å². The molecule has 0 saturated heterocycles. The van der Waals surface area contributed by atoms with Crippen molar-refractivity contribution in [2.75, 3.05) is 19.0 Å². The number of amides is 1. The molecule has 100 valence electrons. The molecule has 0 atom stereocenters. The molecule has 2 aromatic rings. The number of nitrogens with one attached hydrogen (secondary N) is 1. The predicted molar refractivity (Wildman–Crippen MR) is 75.7 cm³/mol. The largest absolute Gasteiger partial charge is 0.448 e. The second kappa shape index (κ2) is 5.80. The van der Waals surface area contributed by atoms with Crippen LogP contribution in [0.4, 0.5) is 5.69 Å². The first kappa shape index (κ1) is 13.5. The first-order valence-corrected chi connectivity index (χ1v) is 6.24. The van der Waals surface area contributed by atoms with Gasteiger partial charge in [0.25, 0.3) is 5.91 Å². The van der Waals surface area contributed by atoms with Crippen molar-refractivity contribution in [3.63, 3.8) is 0 Å². The molecule has 19 heavy (non-hydrogen) atoms. The van der Waals surface area contributed by atoms with Gasteiger partial charge in [-0.25, -0.2) is 0 Å². The van der Waals surface area contributed by atoms with Crippen molar-refractivity contribution >= 4 is 23.2 Å². The van der Waals surface area contributed by atoms with E-state index in [0.717, 1.165) is 5.69 Å². The fourth-order valence-electron chi connectivity index (χ4n) is 1.64. The van der Waals surface area contributed by atoms with Crippen LogP contribution in [0.2, 0.25) is 5.22 Å². The fraction of sp³-hybridized carbons (Fsp3) is 0.214. The Hall–Kier alpha value is -1.94. The third kappa shape index (κ3) is 3.51. The maximum Gasteiger partial charge on any atom is 0.251 e. The van der Waals surface area contributed by atoms with Gasteiger partial charge in [-0.2, -0.15) is 0 Å². The van der Waals surface area contributed by atoms with Crippen LogP contribution < -0.4 is 10.2 Å². The summed E-state index contributed by atoms with van der Waals surface area (Å²) in [4.78, 5) is 13.9. The summed E-state index contributed by atoms with van der Waals surface area (Å²) in [5.74, 6) is 0.485. The van der Waals surface area contributed by atoms with Crippen LogP contribution in [0, 0.1) is 0 Å². The summed E-state index contributed by atoms with van der Waals surface area (Å²) in [5.41, 5.74) is 1.59. The summed E-state index contributed by atoms with van der Waals surface area (Å²) >= 11 is 5.66. The van der Waals surface area contributed by atoms with Crippen LogP contribution in [-0.4, -0.2) is 20.0 Å². The summed E-state index contributed by atoms with van der Waals surface area (Å²) in [6.07, 6.45) is 0. The molecule has 1 heterocycles.